The van der Waals surface area contributed by atoms with E-state index in [1.165, 1.54) is 13.2 Å². The Morgan fingerprint density at radius 2 is 1.89 bits per heavy atom. The molecule has 0 aliphatic carbocycles. The van der Waals surface area contributed by atoms with Crippen molar-refractivity contribution in [2.45, 2.75) is 13.5 Å². The third-order valence-electron chi connectivity index (χ3n) is 3.44. The van der Waals surface area contributed by atoms with Crippen molar-refractivity contribution in [2.75, 3.05) is 12.0 Å². The van der Waals surface area contributed by atoms with Crippen LogP contribution in [0.25, 0.3) is 0 Å². The van der Waals surface area contributed by atoms with E-state index >= 15 is 0 Å². The number of halogens is 2. The number of carbonyl (C=O) groups is 1. The normalized spacial score (nSPS) is 9.78. The Balaban J connectivity index is 0.000000596. The molecule has 0 saturated heterocycles. The first kappa shape index (κ1) is 20.4. The van der Waals surface area contributed by atoms with Crippen LogP contribution in [-0.2, 0) is 16.1 Å². The molecule has 8 heteroatoms. The summed E-state index contributed by atoms with van der Waals surface area (Å²) in [6.45, 7) is 2.55. The zero-order chi connectivity index (χ0) is 19.6. The van der Waals surface area contributed by atoms with Crippen molar-refractivity contribution in [3.63, 3.8) is 0 Å². The molecule has 0 aliphatic heterocycles. The van der Waals surface area contributed by atoms with E-state index in [1.807, 2.05) is 30.0 Å². The van der Waals surface area contributed by atoms with E-state index in [-0.39, 0.29) is 5.82 Å². The SMILES string of the molecule is COC=O.Cc1ccc(CN(c2cnccn2)c2cc(Br)ccn2)c(F)c1. The minimum absolute atomic E-state index is 0.242. The summed E-state index contributed by atoms with van der Waals surface area (Å²) in [5.74, 6) is 1.03. The molecule has 3 aromatic rings. The molecule has 0 radical (unpaired) electrons. The van der Waals surface area contributed by atoms with Crippen LogP contribution in [0.4, 0.5) is 16.0 Å². The van der Waals surface area contributed by atoms with Crippen LogP contribution in [0.1, 0.15) is 11.1 Å². The summed E-state index contributed by atoms with van der Waals surface area (Å²) >= 11 is 3.44. The number of nitrogens with zero attached hydrogens (tertiary/aromatic N) is 4. The number of aryl methyl sites for hydroxylation is 1. The summed E-state index contributed by atoms with van der Waals surface area (Å²) in [5.41, 5.74) is 1.46. The molecule has 0 N–H and O–H groups in total. The average Bonchev–Trinajstić information content (AvgIpc) is 2.68. The van der Waals surface area contributed by atoms with Crippen LogP contribution in [0, 0.1) is 12.7 Å². The molecule has 0 saturated carbocycles. The topological polar surface area (TPSA) is 68.2 Å². The first-order valence-corrected chi connectivity index (χ1v) is 8.71. The standard InChI is InChI=1S/C17H14BrFN4.C2H4O2/c1-12-2-3-13(15(19)8-12)11-23(17-10-20-6-7-22-17)16-9-14(18)4-5-21-16;1-4-2-3/h2-10H,11H2,1H3;2H,1H3. The highest BCUT2D eigenvalue weighted by atomic mass is 79.9. The minimum Gasteiger partial charge on any atom is -0.471 e. The molecule has 6 nitrogen and oxygen atoms in total. The van der Waals surface area contributed by atoms with Gasteiger partial charge in [-0.3, -0.25) is 9.78 Å². The lowest BCUT2D eigenvalue weighted by Crippen LogP contribution is -2.19. The number of ether oxygens (including phenoxy) is 1. The van der Waals surface area contributed by atoms with Gasteiger partial charge >= 0.3 is 0 Å². The van der Waals surface area contributed by atoms with E-state index in [1.54, 1.807) is 30.9 Å². The summed E-state index contributed by atoms with van der Waals surface area (Å²) < 4.78 is 19.0. The van der Waals surface area contributed by atoms with E-state index < -0.39 is 0 Å². The predicted molar refractivity (Wildman–Crippen MR) is 104 cm³/mol. The maximum absolute atomic E-state index is 14.2. The number of hydrogen-bond acceptors (Lipinski definition) is 6. The molecule has 2 aromatic heterocycles. The zero-order valence-electron chi connectivity index (χ0n) is 14.8. The molecule has 3 rings (SSSR count). The average molecular weight is 433 g/mol. The number of anilines is 2. The van der Waals surface area contributed by atoms with Crippen LogP contribution >= 0.6 is 15.9 Å². The van der Waals surface area contributed by atoms with Crippen molar-refractivity contribution in [1.29, 1.82) is 0 Å². The molecule has 0 spiro atoms. The van der Waals surface area contributed by atoms with Gasteiger partial charge in [0.25, 0.3) is 6.47 Å². The van der Waals surface area contributed by atoms with Crippen LogP contribution in [-0.4, -0.2) is 28.5 Å². The van der Waals surface area contributed by atoms with Crippen LogP contribution in [0.5, 0.6) is 0 Å². The van der Waals surface area contributed by atoms with Crippen molar-refractivity contribution in [3.05, 3.63) is 76.5 Å². The Hall–Kier alpha value is -2.87. The summed E-state index contributed by atoms with van der Waals surface area (Å²) in [4.78, 5) is 23.6. The number of benzene rings is 1. The molecule has 0 atom stereocenters. The van der Waals surface area contributed by atoms with Gasteiger partial charge in [0.15, 0.2) is 5.82 Å². The van der Waals surface area contributed by atoms with Gasteiger partial charge in [-0.15, -0.1) is 0 Å². The van der Waals surface area contributed by atoms with Crippen LogP contribution in [0.15, 0.2) is 59.6 Å². The summed E-state index contributed by atoms with van der Waals surface area (Å²) in [7, 11) is 1.31. The maximum Gasteiger partial charge on any atom is 0.292 e. The third kappa shape index (κ3) is 6.10. The highest BCUT2D eigenvalue weighted by molar-refractivity contribution is 9.10. The van der Waals surface area contributed by atoms with E-state index in [9.17, 15) is 4.39 Å². The van der Waals surface area contributed by atoms with Crippen LogP contribution in [0.2, 0.25) is 0 Å². The second-order valence-electron chi connectivity index (χ2n) is 5.41. The molecule has 0 aliphatic rings. The Morgan fingerprint density at radius 1 is 1.15 bits per heavy atom. The lowest BCUT2D eigenvalue weighted by Gasteiger charge is -2.23. The van der Waals surface area contributed by atoms with Gasteiger partial charge in [0, 0.05) is 28.6 Å². The number of methoxy groups -OCH3 is 1. The second-order valence-corrected chi connectivity index (χ2v) is 6.32. The van der Waals surface area contributed by atoms with Gasteiger partial charge < -0.3 is 9.64 Å². The summed E-state index contributed by atoms with van der Waals surface area (Å²) in [6.07, 6.45) is 6.53. The largest absolute Gasteiger partial charge is 0.471 e. The summed E-state index contributed by atoms with van der Waals surface area (Å²) in [5, 5.41) is 0. The fourth-order valence-electron chi connectivity index (χ4n) is 2.20. The Kier molecular flexibility index (Phi) is 7.81. The molecule has 0 fully saturated rings. The Bertz CT molecular complexity index is 881. The maximum atomic E-state index is 14.2. The van der Waals surface area contributed by atoms with E-state index in [0.29, 0.717) is 30.2 Å². The van der Waals surface area contributed by atoms with Gasteiger partial charge in [-0.05, 0) is 30.7 Å². The third-order valence-corrected chi connectivity index (χ3v) is 3.94. The van der Waals surface area contributed by atoms with Crippen molar-refractivity contribution in [1.82, 2.24) is 15.0 Å². The lowest BCUT2D eigenvalue weighted by molar-refractivity contribution is -0.126. The van der Waals surface area contributed by atoms with Crippen LogP contribution in [0.3, 0.4) is 0 Å². The molecular weight excluding hydrogens is 415 g/mol. The van der Waals surface area contributed by atoms with Gasteiger partial charge in [0.2, 0.25) is 0 Å². The highest BCUT2D eigenvalue weighted by Crippen LogP contribution is 2.26. The number of hydrogen-bond donors (Lipinski definition) is 0. The number of carbonyl (C=O) groups excluding carboxylic acids is 1. The van der Waals surface area contributed by atoms with Crippen molar-refractivity contribution < 1.29 is 13.9 Å². The van der Waals surface area contributed by atoms with Gasteiger partial charge in [0.05, 0.1) is 19.9 Å². The number of rotatable bonds is 5. The molecule has 1 aromatic carbocycles. The van der Waals surface area contributed by atoms with E-state index in [0.717, 1.165) is 10.0 Å². The molecule has 0 unspecified atom stereocenters. The summed E-state index contributed by atoms with van der Waals surface area (Å²) in [6, 6.07) is 8.90. The fourth-order valence-corrected chi connectivity index (χ4v) is 2.53. The minimum atomic E-state index is -0.242. The van der Waals surface area contributed by atoms with Gasteiger partial charge in [0.1, 0.15) is 11.6 Å². The Labute approximate surface area is 165 Å². The van der Waals surface area contributed by atoms with E-state index in [2.05, 4.69) is 35.6 Å². The molecule has 140 valence electrons. The number of aromatic nitrogens is 3. The lowest BCUT2D eigenvalue weighted by atomic mass is 10.1. The van der Waals surface area contributed by atoms with Gasteiger partial charge in [-0.25, -0.2) is 14.4 Å². The van der Waals surface area contributed by atoms with Crippen LogP contribution < -0.4 is 4.90 Å². The molecule has 0 amide bonds. The second kappa shape index (κ2) is 10.3. The van der Waals surface area contributed by atoms with Gasteiger partial charge in [-0.1, -0.05) is 28.1 Å². The molecule has 27 heavy (non-hydrogen) atoms. The van der Waals surface area contributed by atoms with Gasteiger partial charge in [-0.2, -0.15) is 0 Å². The van der Waals surface area contributed by atoms with E-state index in [4.69, 9.17) is 4.79 Å². The fraction of sp³-hybridized carbons (Fsp3) is 0.158. The monoisotopic (exact) mass is 432 g/mol. The molecular formula is C19H18BrFN4O2. The van der Waals surface area contributed by atoms with Crippen molar-refractivity contribution >= 4 is 34.0 Å². The quantitative estimate of drug-likeness (QED) is 0.562. The van der Waals surface area contributed by atoms with Crippen molar-refractivity contribution in [3.8, 4) is 0 Å². The smallest absolute Gasteiger partial charge is 0.292 e. The zero-order valence-corrected chi connectivity index (χ0v) is 16.4. The Morgan fingerprint density at radius 3 is 2.48 bits per heavy atom. The highest BCUT2D eigenvalue weighted by Gasteiger charge is 2.15. The first-order chi connectivity index (χ1) is 13.0. The van der Waals surface area contributed by atoms with Crippen molar-refractivity contribution in [2.24, 2.45) is 0 Å². The number of pyridine rings is 1. The molecule has 0 bridgehead atoms. The molecule has 2 heterocycles. The predicted octanol–water partition coefficient (Wildman–Crippen LogP) is 4.21. The first-order valence-electron chi connectivity index (χ1n) is 7.91.